The first-order valence-corrected chi connectivity index (χ1v) is 9.52. The number of hydrogen-bond donors (Lipinski definition) is 1. The highest BCUT2D eigenvalue weighted by Gasteiger charge is 2.27. The van der Waals surface area contributed by atoms with Gasteiger partial charge in [0.2, 0.25) is 0 Å². The molecule has 5 rings (SSSR count). The number of benzene rings is 1. The minimum absolute atomic E-state index is 0.125. The van der Waals surface area contributed by atoms with Crippen LogP contribution >= 0.6 is 0 Å². The first-order valence-electron chi connectivity index (χ1n) is 9.52. The molecule has 1 aromatic carbocycles. The van der Waals surface area contributed by atoms with Crippen molar-refractivity contribution < 1.29 is 0 Å². The van der Waals surface area contributed by atoms with Crippen molar-refractivity contribution in [3.63, 3.8) is 0 Å². The summed E-state index contributed by atoms with van der Waals surface area (Å²) in [5, 5.41) is 7.68. The predicted molar refractivity (Wildman–Crippen MR) is 113 cm³/mol. The highest BCUT2D eigenvalue weighted by atomic mass is 15.2. The summed E-state index contributed by atoms with van der Waals surface area (Å²) in [5.41, 5.74) is 5.33. The predicted octanol–water partition coefficient (Wildman–Crippen LogP) is 3.60. The van der Waals surface area contributed by atoms with Crippen molar-refractivity contribution in [2.75, 3.05) is 23.8 Å². The van der Waals surface area contributed by atoms with Crippen LogP contribution in [0, 0.1) is 0 Å². The second kappa shape index (κ2) is 7.01. The minimum Gasteiger partial charge on any atom is -0.369 e. The molecular weight excluding hydrogens is 362 g/mol. The van der Waals surface area contributed by atoms with E-state index < -0.39 is 0 Å². The summed E-state index contributed by atoms with van der Waals surface area (Å²) in [7, 11) is 3.94. The molecule has 1 N–H and O–H groups in total. The van der Waals surface area contributed by atoms with Crippen LogP contribution in [-0.4, -0.2) is 38.3 Å². The van der Waals surface area contributed by atoms with Gasteiger partial charge >= 0.3 is 0 Å². The second-order valence-corrected chi connectivity index (χ2v) is 7.19. The molecule has 0 spiro atoms. The van der Waals surface area contributed by atoms with Crippen LogP contribution in [0.5, 0.6) is 0 Å². The molecule has 1 atom stereocenters. The largest absolute Gasteiger partial charge is 0.369 e. The van der Waals surface area contributed by atoms with E-state index >= 15 is 0 Å². The van der Waals surface area contributed by atoms with Crippen molar-refractivity contribution in [3.8, 4) is 11.1 Å². The fraction of sp³-hybridized carbons (Fsp3) is 0.182. The highest BCUT2D eigenvalue weighted by molar-refractivity contribution is 5.68. The van der Waals surface area contributed by atoms with Crippen LogP contribution in [0.3, 0.4) is 0 Å². The fourth-order valence-electron chi connectivity index (χ4n) is 3.72. The number of anilines is 3. The van der Waals surface area contributed by atoms with E-state index in [4.69, 9.17) is 0 Å². The Morgan fingerprint density at radius 2 is 1.90 bits per heavy atom. The van der Waals surface area contributed by atoms with Gasteiger partial charge in [-0.25, -0.2) is 15.0 Å². The summed E-state index contributed by atoms with van der Waals surface area (Å²) < 4.78 is 1.80. The van der Waals surface area contributed by atoms with E-state index in [2.05, 4.69) is 54.5 Å². The average molecular weight is 383 g/mol. The van der Waals surface area contributed by atoms with Crippen molar-refractivity contribution in [1.82, 2.24) is 24.7 Å². The molecule has 144 valence electrons. The number of pyridine rings is 1. The molecule has 3 aromatic heterocycles. The molecule has 0 bridgehead atoms. The van der Waals surface area contributed by atoms with Gasteiger partial charge in [0.15, 0.2) is 0 Å². The van der Waals surface area contributed by atoms with Crippen LogP contribution in [0.15, 0.2) is 67.4 Å². The summed E-state index contributed by atoms with van der Waals surface area (Å²) in [6.45, 7) is 0.768. The molecule has 29 heavy (non-hydrogen) atoms. The summed E-state index contributed by atoms with van der Waals surface area (Å²) in [5.74, 6) is 1.91. The van der Waals surface area contributed by atoms with Crippen molar-refractivity contribution in [3.05, 3.63) is 78.6 Å². The molecule has 1 unspecified atom stereocenters. The molecule has 1 aliphatic heterocycles. The Morgan fingerprint density at radius 1 is 1.03 bits per heavy atom. The van der Waals surface area contributed by atoms with Gasteiger partial charge in [0.25, 0.3) is 0 Å². The second-order valence-electron chi connectivity index (χ2n) is 7.19. The Kier molecular flexibility index (Phi) is 4.20. The number of aryl methyl sites for hydroxylation is 1. The number of nitrogens with zero attached hydrogens (tertiary/aromatic N) is 6. The molecule has 0 saturated heterocycles. The van der Waals surface area contributed by atoms with Crippen LogP contribution in [0.25, 0.3) is 11.1 Å². The molecule has 7 heteroatoms. The summed E-state index contributed by atoms with van der Waals surface area (Å²) in [6.07, 6.45) is 7.39. The number of rotatable bonds is 4. The van der Waals surface area contributed by atoms with Gasteiger partial charge in [-0.15, -0.1) is 0 Å². The van der Waals surface area contributed by atoms with Crippen LogP contribution in [-0.2, 0) is 7.05 Å². The Labute approximate surface area is 169 Å². The Bertz CT molecular complexity index is 1150. The number of hydrogen-bond acceptors (Lipinski definition) is 6. The average Bonchev–Trinajstić information content (AvgIpc) is 3.39. The monoisotopic (exact) mass is 383 g/mol. The first kappa shape index (κ1) is 17.4. The molecule has 0 radical (unpaired) electrons. The Hall–Kier alpha value is -3.74. The van der Waals surface area contributed by atoms with Crippen LogP contribution in [0.2, 0.25) is 0 Å². The Morgan fingerprint density at radius 3 is 2.69 bits per heavy atom. The maximum atomic E-state index is 4.62. The van der Waals surface area contributed by atoms with E-state index in [0.29, 0.717) is 0 Å². The lowest BCUT2D eigenvalue weighted by atomic mass is 9.96. The van der Waals surface area contributed by atoms with E-state index in [1.807, 2.05) is 50.9 Å². The summed E-state index contributed by atoms with van der Waals surface area (Å²) in [4.78, 5) is 15.8. The minimum atomic E-state index is 0.125. The number of para-hydroxylation sites is 1. The zero-order valence-corrected chi connectivity index (χ0v) is 16.3. The normalized spacial score (nSPS) is 15.0. The molecule has 0 aliphatic carbocycles. The van der Waals surface area contributed by atoms with Crippen molar-refractivity contribution >= 4 is 17.3 Å². The quantitative estimate of drug-likeness (QED) is 0.581. The van der Waals surface area contributed by atoms with Crippen LogP contribution in [0.4, 0.5) is 17.3 Å². The lowest BCUT2D eigenvalue weighted by Crippen LogP contribution is -2.13. The maximum Gasteiger partial charge on any atom is 0.136 e. The molecule has 0 fully saturated rings. The number of aromatic nitrogens is 5. The smallest absolute Gasteiger partial charge is 0.136 e. The lowest BCUT2D eigenvalue weighted by Gasteiger charge is -2.19. The van der Waals surface area contributed by atoms with Crippen LogP contribution < -0.4 is 10.2 Å². The molecule has 7 nitrogen and oxygen atoms in total. The standard InChI is InChI=1S/C22H21N7/c1-28-13-16(11-27-28)15-8-18-19(12-24-22(18)23-10-15)20-9-21(26-14-25-20)29(2)17-6-4-3-5-7-17/h3-11,13-14,19H,12H2,1-2H3,(H,23,24). The van der Waals surface area contributed by atoms with Gasteiger partial charge in [-0.1, -0.05) is 18.2 Å². The van der Waals surface area contributed by atoms with Gasteiger partial charge in [-0.3, -0.25) is 4.68 Å². The maximum absolute atomic E-state index is 4.62. The fourth-order valence-corrected chi connectivity index (χ4v) is 3.72. The molecule has 4 aromatic rings. The molecule has 4 heterocycles. The highest BCUT2D eigenvalue weighted by Crippen LogP contribution is 2.37. The molecule has 0 amide bonds. The van der Waals surface area contributed by atoms with Gasteiger partial charge in [-0.05, 0) is 18.2 Å². The van der Waals surface area contributed by atoms with Crippen LogP contribution in [0.1, 0.15) is 17.2 Å². The molecule has 1 aliphatic rings. The van der Waals surface area contributed by atoms with E-state index in [1.54, 1.807) is 11.0 Å². The zero-order valence-electron chi connectivity index (χ0n) is 16.3. The third kappa shape index (κ3) is 3.20. The van der Waals surface area contributed by atoms with Gasteiger partial charge in [0.1, 0.15) is 18.0 Å². The Balaban J connectivity index is 1.49. The van der Waals surface area contributed by atoms with Gasteiger partial charge in [-0.2, -0.15) is 5.10 Å². The zero-order chi connectivity index (χ0) is 19.8. The van der Waals surface area contributed by atoms with Gasteiger partial charge in [0, 0.05) is 67.4 Å². The lowest BCUT2D eigenvalue weighted by molar-refractivity contribution is 0.768. The van der Waals surface area contributed by atoms with Crippen molar-refractivity contribution in [2.45, 2.75) is 5.92 Å². The molecule has 0 saturated carbocycles. The van der Waals surface area contributed by atoms with E-state index in [-0.39, 0.29) is 5.92 Å². The third-order valence-electron chi connectivity index (χ3n) is 5.32. The van der Waals surface area contributed by atoms with Crippen molar-refractivity contribution in [1.29, 1.82) is 0 Å². The first-order chi connectivity index (χ1) is 14.2. The van der Waals surface area contributed by atoms with Gasteiger partial charge < -0.3 is 10.2 Å². The molecular formula is C22H21N7. The van der Waals surface area contributed by atoms with E-state index in [9.17, 15) is 0 Å². The third-order valence-corrected chi connectivity index (χ3v) is 5.32. The topological polar surface area (TPSA) is 71.8 Å². The summed E-state index contributed by atoms with van der Waals surface area (Å²) >= 11 is 0. The number of nitrogens with one attached hydrogen (secondary N) is 1. The van der Waals surface area contributed by atoms with Crippen molar-refractivity contribution in [2.24, 2.45) is 7.05 Å². The SMILES string of the molecule is CN(c1ccccc1)c1cc(C2CNc3ncc(-c4cnn(C)c4)cc32)ncn1. The van der Waals surface area contributed by atoms with Gasteiger partial charge in [0.05, 0.1) is 11.9 Å². The summed E-state index contributed by atoms with van der Waals surface area (Å²) in [6, 6.07) is 14.4. The van der Waals surface area contributed by atoms with E-state index in [0.717, 1.165) is 46.3 Å². The number of fused-ring (bicyclic) bond motifs is 1. The van der Waals surface area contributed by atoms with E-state index in [1.165, 1.54) is 0 Å².